The third-order valence-electron chi connectivity index (χ3n) is 9.06. The lowest BCUT2D eigenvalue weighted by Gasteiger charge is -2.25. The molecule has 2 aromatic heterocycles. The molecule has 3 N–H and O–H groups in total. The number of rotatable bonds is 25. The molecule has 5 aromatic rings. The standard InChI is InChI=1S/C43H56N10O9/c1-28-9-12-33(30(3)19-28)38-46-39(34-13-10-29(2)20-31(34)4)48-40(47-38)35-14-11-32(21-36(35)54)62-22-37(55)44-15-16-60-17-18-61-27-53(26-59-8)43-50-41(45-23-56-5)49-42(51-43)52(24-57-6)25-58-7/h9-14,19-21,54H,15-18,22-27H2,1-8H3,(H,44,55)(H,45,49,50,51). The third-order valence-corrected chi connectivity index (χ3v) is 9.06. The lowest BCUT2D eigenvalue weighted by atomic mass is 10.0. The summed E-state index contributed by atoms with van der Waals surface area (Å²) in [6.07, 6.45) is 0. The first-order chi connectivity index (χ1) is 30.0. The Morgan fingerprint density at radius 1 is 0.613 bits per heavy atom. The Bertz CT molecular complexity index is 2160. The van der Waals surface area contributed by atoms with Crippen LogP contribution in [0.1, 0.15) is 22.3 Å². The van der Waals surface area contributed by atoms with Crippen LogP contribution in [0.2, 0.25) is 0 Å². The van der Waals surface area contributed by atoms with Crippen LogP contribution in [0, 0.1) is 27.7 Å². The van der Waals surface area contributed by atoms with Crippen molar-refractivity contribution >= 4 is 23.8 Å². The number of aromatic nitrogens is 6. The highest BCUT2D eigenvalue weighted by Gasteiger charge is 2.20. The maximum atomic E-state index is 12.6. The van der Waals surface area contributed by atoms with Gasteiger partial charge in [0.25, 0.3) is 5.91 Å². The second kappa shape index (κ2) is 23.8. The number of methoxy groups -OCH3 is 4. The summed E-state index contributed by atoms with van der Waals surface area (Å²) in [7, 11) is 6.22. The lowest BCUT2D eigenvalue weighted by molar-refractivity contribution is -0.123. The van der Waals surface area contributed by atoms with E-state index in [1.54, 1.807) is 50.4 Å². The van der Waals surface area contributed by atoms with Crippen molar-refractivity contribution in [2.24, 2.45) is 0 Å². The maximum absolute atomic E-state index is 12.6. The van der Waals surface area contributed by atoms with Crippen molar-refractivity contribution in [3.63, 3.8) is 0 Å². The van der Waals surface area contributed by atoms with Gasteiger partial charge in [-0.2, -0.15) is 15.0 Å². The lowest BCUT2D eigenvalue weighted by Crippen LogP contribution is -2.34. The van der Waals surface area contributed by atoms with Gasteiger partial charge in [-0.1, -0.05) is 47.5 Å². The van der Waals surface area contributed by atoms with E-state index in [0.717, 1.165) is 33.4 Å². The van der Waals surface area contributed by atoms with Crippen molar-refractivity contribution in [2.45, 2.75) is 27.7 Å². The number of aryl methyl sites for hydroxylation is 4. The normalized spacial score (nSPS) is 11.1. The zero-order valence-electron chi connectivity index (χ0n) is 36.6. The molecule has 0 aliphatic rings. The van der Waals surface area contributed by atoms with Crippen LogP contribution < -0.4 is 25.2 Å². The van der Waals surface area contributed by atoms with Gasteiger partial charge in [0.15, 0.2) is 24.1 Å². The zero-order valence-corrected chi connectivity index (χ0v) is 36.6. The van der Waals surface area contributed by atoms with Crippen molar-refractivity contribution in [2.75, 3.05) is 110 Å². The molecule has 0 atom stereocenters. The fourth-order valence-electron chi connectivity index (χ4n) is 6.14. The number of carbonyl (C=O) groups is 1. The Morgan fingerprint density at radius 3 is 1.68 bits per heavy atom. The van der Waals surface area contributed by atoms with Crippen LogP contribution in [-0.2, 0) is 33.2 Å². The van der Waals surface area contributed by atoms with Crippen LogP contribution in [0.15, 0.2) is 54.6 Å². The number of amides is 1. The van der Waals surface area contributed by atoms with Crippen LogP contribution in [-0.4, -0.2) is 136 Å². The fraction of sp³-hybridized carbons (Fsp3) is 0.419. The molecular formula is C43H56N10O9. The molecule has 0 unspecified atom stereocenters. The number of hydrogen-bond donors (Lipinski definition) is 3. The van der Waals surface area contributed by atoms with Crippen molar-refractivity contribution < 1.29 is 43.1 Å². The quantitative estimate of drug-likeness (QED) is 0.0540. The number of nitrogens with zero attached hydrogens (tertiary/aromatic N) is 8. The second-order valence-electron chi connectivity index (χ2n) is 14.1. The van der Waals surface area contributed by atoms with Gasteiger partial charge in [-0.15, -0.1) is 0 Å². The number of phenols is 1. The van der Waals surface area contributed by atoms with E-state index in [4.69, 9.17) is 48.1 Å². The second-order valence-corrected chi connectivity index (χ2v) is 14.1. The number of carbonyl (C=O) groups excluding carboxylic acids is 1. The van der Waals surface area contributed by atoms with Crippen LogP contribution in [0.5, 0.6) is 11.5 Å². The van der Waals surface area contributed by atoms with Crippen molar-refractivity contribution in [1.82, 2.24) is 35.2 Å². The van der Waals surface area contributed by atoms with Crippen LogP contribution in [0.3, 0.4) is 0 Å². The SMILES string of the molecule is COCNc1nc(N(COC)COC)nc(N(COC)COCCOCCNC(=O)COc2ccc(-c3nc(-c4ccc(C)cc4C)nc(-c4ccc(C)cc4C)n3)c(O)c2)n1. The third kappa shape index (κ3) is 13.5. The number of nitrogens with one attached hydrogen (secondary N) is 2. The molecule has 0 fully saturated rings. The van der Waals surface area contributed by atoms with Gasteiger partial charge >= 0.3 is 0 Å². The molecule has 0 aliphatic heterocycles. The number of anilines is 3. The Morgan fingerprint density at radius 2 is 1.15 bits per heavy atom. The number of hydrogen-bond acceptors (Lipinski definition) is 18. The predicted molar refractivity (Wildman–Crippen MR) is 233 cm³/mol. The first kappa shape index (κ1) is 47.0. The molecule has 62 heavy (non-hydrogen) atoms. The van der Waals surface area contributed by atoms with Gasteiger partial charge in [-0.25, -0.2) is 15.0 Å². The summed E-state index contributed by atoms with van der Waals surface area (Å²) in [5, 5.41) is 16.9. The number of aromatic hydroxyl groups is 1. The minimum Gasteiger partial charge on any atom is -0.507 e. The Balaban J connectivity index is 1.11. The molecule has 0 saturated carbocycles. The van der Waals surface area contributed by atoms with E-state index in [9.17, 15) is 9.90 Å². The summed E-state index contributed by atoms with van der Waals surface area (Å²) in [6, 6.07) is 16.9. The number of ether oxygens (including phenoxy) is 7. The monoisotopic (exact) mass is 856 g/mol. The van der Waals surface area contributed by atoms with E-state index < -0.39 is 0 Å². The molecule has 5 rings (SSSR count). The predicted octanol–water partition coefficient (Wildman–Crippen LogP) is 4.62. The molecule has 19 heteroatoms. The average Bonchev–Trinajstić information content (AvgIpc) is 3.25. The first-order valence-corrected chi connectivity index (χ1v) is 19.8. The fourth-order valence-corrected chi connectivity index (χ4v) is 6.14. The summed E-state index contributed by atoms with van der Waals surface area (Å²) in [6.45, 7) is 9.58. The molecule has 2 heterocycles. The molecule has 19 nitrogen and oxygen atoms in total. The van der Waals surface area contributed by atoms with E-state index in [1.165, 1.54) is 6.07 Å². The van der Waals surface area contributed by atoms with Gasteiger partial charge in [-0.3, -0.25) is 14.6 Å². The van der Waals surface area contributed by atoms with E-state index in [0.29, 0.717) is 34.7 Å². The molecule has 332 valence electrons. The molecule has 0 saturated heterocycles. The Hall–Kier alpha value is -6.09. The highest BCUT2D eigenvalue weighted by molar-refractivity contribution is 5.77. The Kier molecular flexibility index (Phi) is 18.0. The molecule has 0 radical (unpaired) electrons. The largest absolute Gasteiger partial charge is 0.507 e. The Labute approximate surface area is 361 Å². The van der Waals surface area contributed by atoms with Crippen molar-refractivity contribution in [1.29, 1.82) is 0 Å². The van der Waals surface area contributed by atoms with E-state index in [1.807, 2.05) is 52.0 Å². The van der Waals surface area contributed by atoms with E-state index in [-0.39, 0.29) is 90.2 Å². The van der Waals surface area contributed by atoms with Gasteiger partial charge in [0.05, 0.1) is 25.4 Å². The van der Waals surface area contributed by atoms with Crippen LogP contribution >= 0.6 is 0 Å². The van der Waals surface area contributed by atoms with Gasteiger partial charge in [0.2, 0.25) is 17.8 Å². The minimum absolute atomic E-state index is 0.0848. The topological polar surface area (TPSA) is 210 Å². The summed E-state index contributed by atoms with van der Waals surface area (Å²) >= 11 is 0. The van der Waals surface area contributed by atoms with Gasteiger partial charge in [0.1, 0.15) is 45.2 Å². The van der Waals surface area contributed by atoms with Crippen molar-refractivity contribution in [3.8, 4) is 45.7 Å². The molecule has 3 aromatic carbocycles. The summed E-state index contributed by atoms with van der Waals surface area (Å²) in [4.78, 5) is 43.9. The van der Waals surface area contributed by atoms with Crippen molar-refractivity contribution in [3.05, 3.63) is 76.9 Å². The highest BCUT2D eigenvalue weighted by atomic mass is 16.5. The molecule has 0 aliphatic carbocycles. The molecule has 1 amide bonds. The summed E-state index contributed by atoms with van der Waals surface area (Å²) in [5.41, 5.74) is 6.43. The summed E-state index contributed by atoms with van der Waals surface area (Å²) < 4.78 is 38.2. The zero-order chi connectivity index (χ0) is 44.4. The molecule has 0 bridgehead atoms. The van der Waals surface area contributed by atoms with Crippen LogP contribution in [0.25, 0.3) is 34.2 Å². The number of phenolic OH excluding ortho intramolecular Hbond substituents is 1. The smallest absolute Gasteiger partial charge is 0.258 e. The minimum atomic E-state index is -0.358. The summed E-state index contributed by atoms with van der Waals surface area (Å²) in [5.74, 6) is 2.01. The first-order valence-electron chi connectivity index (χ1n) is 19.8. The highest BCUT2D eigenvalue weighted by Crippen LogP contribution is 2.34. The maximum Gasteiger partial charge on any atom is 0.258 e. The van der Waals surface area contributed by atoms with Gasteiger partial charge in [0, 0.05) is 52.2 Å². The van der Waals surface area contributed by atoms with E-state index >= 15 is 0 Å². The van der Waals surface area contributed by atoms with E-state index in [2.05, 4.69) is 37.7 Å². The molecular weight excluding hydrogens is 801 g/mol. The average molecular weight is 857 g/mol. The number of benzene rings is 3. The van der Waals surface area contributed by atoms with Gasteiger partial charge < -0.3 is 48.9 Å². The van der Waals surface area contributed by atoms with Crippen LogP contribution in [0.4, 0.5) is 17.8 Å². The van der Waals surface area contributed by atoms with Gasteiger partial charge in [-0.05, 0) is 51.0 Å². The molecule has 0 spiro atoms.